The number of carbonyl (C=O) groups is 2. The fourth-order valence-electron chi connectivity index (χ4n) is 5.43. The lowest BCUT2D eigenvalue weighted by molar-refractivity contribution is -0.333. The van der Waals surface area contributed by atoms with Crippen LogP contribution < -0.4 is 22.1 Å². The Hall–Kier alpha value is -1.98. The monoisotopic (exact) mass is 684 g/mol. The number of aliphatic hydroxyl groups is 7. The normalized spacial score (nSPS) is 41.6. The molecule has 13 N–H and O–H groups in total. The average molecular weight is 685 g/mol. The number of carbonyl (C=O) groups excluding carboxylic acids is 2. The largest absolute Gasteiger partial charge is 0.444 e. The highest BCUT2D eigenvalue weighted by molar-refractivity contribution is 5.68. The van der Waals surface area contributed by atoms with Crippen molar-refractivity contribution in [3.05, 3.63) is 0 Å². The smallest absolute Gasteiger partial charge is 0.407 e. The van der Waals surface area contributed by atoms with Gasteiger partial charge in [0.25, 0.3) is 0 Å². The summed E-state index contributed by atoms with van der Waals surface area (Å²) in [6.45, 7) is 8.79. The van der Waals surface area contributed by atoms with Crippen LogP contribution in [-0.4, -0.2) is 164 Å². The van der Waals surface area contributed by atoms with E-state index in [0.717, 1.165) is 0 Å². The lowest BCUT2D eigenvalue weighted by Gasteiger charge is -2.48. The van der Waals surface area contributed by atoms with Gasteiger partial charge in [0, 0.05) is 12.6 Å². The molecular weight excluding hydrogens is 632 g/mol. The molecule has 274 valence electrons. The van der Waals surface area contributed by atoms with Gasteiger partial charge in [0.2, 0.25) is 0 Å². The molecule has 0 aromatic carbocycles. The van der Waals surface area contributed by atoms with Crippen LogP contribution >= 0.6 is 0 Å². The molecule has 6 unspecified atom stereocenters. The third-order valence-electron chi connectivity index (χ3n) is 7.75. The van der Waals surface area contributed by atoms with Crippen LogP contribution in [0.4, 0.5) is 9.59 Å². The predicted octanol–water partition coefficient (Wildman–Crippen LogP) is -4.16. The van der Waals surface area contributed by atoms with Crippen molar-refractivity contribution >= 4 is 12.2 Å². The lowest BCUT2D eigenvalue weighted by Crippen LogP contribution is -2.69. The van der Waals surface area contributed by atoms with Crippen LogP contribution in [0.15, 0.2) is 0 Å². The van der Waals surface area contributed by atoms with E-state index < -0.39 is 122 Å². The Labute approximate surface area is 272 Å². The lowest BCUT2D eigenvalue weighted by atomic mass is 9.83. The molecule has 2 amide bonds. The standard InChI is InChI=1S/C28H52N4O15/c1-27(2,3)46-25(40)31-8-12-16(35)18(37)19(38)24(42-12)45-22-11(32-26(41)47-28(4,5)6)7-10(29)21(20(22)39)44-23-17(36)14(30)15(34)13(9-33)43-23/h10-24,33-39H,7-9,29-30H2,1-6H3,(H,31,40)(H,32,41)/t10-,11?,12?,13?,14?,15-,16-,17-,18+,19?,20-,21?,22-,23-,24-/m1/s1. The van der Waals surface area contributed by atoms with Gasteiger partial charge in [0.05, 0.1) is 18.7 Å². The van der Waals surface area contributed by atoms with E-state index in [2.05, 4.69) is 10.6 Å². The molecule has 47 heavy (non-hydrogen) atoms. The maximum absolute atomic E-state index is 12.8. The topological polar surface area (TPSA) is 307 Å². The molecule has 19 nitrogen and oxygen atoms in total. The van der Waals surface area contributed by atoms with E-state index in [1.54, 1.807) is 41.5 Å². The van der Waals surface area contributed by atoms with Gasteiger partial charge in [-0.15, -0.1) is 0 Å². The molecule has 3 rings (SSSR count). The molecule has 1 aliphatic carbocycles. The van der Waals surface area contributed by atoms with Gasteiger partial charge in [0.1, 0.15) is 72.2 Å². The number of hydrogen-bond acceptors (Lipinski definition) is 17. The van der Waals surface area contributed by atoms with Crippen LogP contribution in [0.2, 0.25) is 0 Å². The van der Waals surface area contributed by atoms with Gasteiger partial charge in [0.15, 0.2) is 12.6 Å². The SMILES string of the molecule is CC(C)(C)OC(=O)NCC1O[C@H](O[C@@H]2C(NC(=O)OC(C)(C)C)C[C@@H](N)C(O[C@H]3OC(CO)[C@@H](O)C(N)[C@H]3O)[C@H]2O)C(O)[C@@H](O)[C@@H]1O. The zero-order valence-corrected chi connectivity index (χ0v) is 27.3. The molecule has 0 bridgehead atoms. The molecule has 2 saturated heterocycles. The Kier molecular flexibility index (Phi) is 13.2. The van der Waals surface area contributed by atoms with Crippen LogP contribution in [0.5, 0.6) is 0 Å². The van der Waals surface area contributed by atoms with Crippen molar-refractivity contribution in [1.29, 1.82) is 0 Å². The number of alkyl carbamates (subject to hydrolysis) is 2. The number of hydrogen-bond donors (Lipinski definition) is 11. The Balaban J connectivity index is 1.84. The van der Waals surface area contributed by atoms with Crippen LogP contribution in [0.3, 0.4) is 0 Å². The highest BCUT2D eigenvalue weighted by atomic mass is 16.7. The van der Waals surface area contributed by atoms with Crippen molar-refractivity contribution in [3.63, 3.8) is 0 Å². The molecule has 19 heteroatoms. The minimum atomic E-state index is -1.87. The van der Waals surface area contributed by atoms with Gasteiger partial charge < -0.3 is 86.3 Å². The first-order valence-electron chi connectivity index (χ1n) is 15.4. The van der Waals surface area contributed by atoms with E-state index in [1.807, 2.05) is 0 Å². The Morgan fingerprint density at radius 1 is 0.723 bits per heavy atom. The molecule has 1 saturated carbocycles. The van der Waals surface area contributed by atoms with Crippen LogP contribution in [0.1, 0.15) is 48.0 Å². The van der Waals surface area contributed by atoms with E-state index >= 15 is 0 Å². The summed E-state index contributed by atoms with van der Waals surface area (Å²) in [5.74, 6) is 0. The van der Waals surface area contributed by atoms with Crippen LogP contribution in [0.25, 0.3) is 0 Å². The summed E-state index contributed by atoms with van der Waals surface area (Å²) in [5.41, 5.74) is 10.5. The summed E-state index contributed by atoms with van der Waals surface area (Å²) < 4.78 is 33.5. The van der Waals surface area contributed by atoms with E-state index in [0.29, 0.717) is 0 Å². The summed E-state index contributed by atoms with van der Waals surface area (Å²) in [5, 5.41) is 78.9. The number of ether oxygens (including phenoxy) is 6. The number of aliphatic hydroxyl groups excluding tert-OH is 7. The van der Waals surface area contributed by atoms with Gasteiger partial charge in [-0.1, -0.05) is 0 Å². The Bertz CT molecular complexity index is 1040. The van der Waals surface area contributed by atoms with Gasteiger partial charge >= 0.3 is 12.2 Å². The maximum Gasteiger partial charge on any atom is 0.407 e. The Morgan fingerprint density at radius 3 is 1.83 bits per heavy atom. The van der Waals surface area contributed by atoms with Crippen molar-refractivity contribution in [2.75, 3.05) is 13.2 Å². The molecule has 0 spiro atoms. The summed E-state index contributed by atoms with van der Waals surface area (Å²) in [4.78, 5) is 24.9. The molecule has 3 fully saturated rings. The first-order valence-corrected chi connectivity index (χ1v) is 15.4. The van der Waals surface area contributed by atoms with E-state index in [-0.39, 0.29) is 13.0 Å². The summed E-state index contributed by atoms with van der Waals surface area (Å²) in [6, 6.07) is -3.45. The molecule has 2 heterocycles. The van der Waals surface area contributed by atoms with Crippen molar-refractivity contribution in [2.45, 2.75) is 151 Å². The van der Waals surface area contributed by atoms with Crippen molar-refractivity contribution in [3.8, 4) is 0 Å². The summed E-state index contributed by atoms with van der Waals surface area (Å²) in [6.07, 6.45) is -20.8. The third kappa shape index (κ3) is 10.3. The summed E-state index contributed by atoms with van der Waals surface area (Å²) in [7, 11) is 0. The number of rotatable bonds is 8. The van der Waals surface area contributed by atoms with Gasteiger partial charge in [-0.2, -0.15) is 0 Å². The quantitative estimate of drug-likeness (QED) is 0.116. The second kappa shape index (κ2) is 15.7. The maximum atomic E-state index is 12.8. The average Bonchev–Trinajstić information content (AvgIpc) is 2.94. The highest BCUT2D eigenvalue weighted by Gasteiger charge is 2.53. The zero-order chi connectivity index (χ0) is 35.6. The van der Waals surface area contributed by atoms with Crippen molar-refractivity contribution in [2.24, 2.45) is 11.5 Å². The van der Waals surface area contributed by atoms with Crippen molar-refractivity contribution < 1.29 is 73.8 Å². The fraction of sp³-hybridized carbons (Fsp3) is 0.929. The number of amides is 2. The first-order chi connectivity index (χ1) is 21.6. The van der Waals surface area contributed by atoms with Gasteiger partial charge in [-0.25, -0.2) is 9.59 Å². The van der Waals surface area contributed by atoms with Crippen LogP contribution in [-0.2, 0) is 28.4 Å². The fourth-order valence-corrected chi connectivity index (χ4v) is 5.43. The third-order valence-corrected chi connectivity index (χ3v) is 7.75. The first kappa shape index (κ1) is 39.5. The molecule has 0 aromatic heterocycles. The predicted molar refractivity (Wildman–Crippen MR) is 158 cm³/mol. The second-order valence-corrected chi connectivity index (χ2v) is 14.0. The van der Waals surface area contributed by atoms with Gasteiger partial charge in [-0.3, -0.25) is 0 Å². The number of nitrogens with one attached hydrogen (secondary N) is 2. The minimum Gasteiger partial charge on any atom is -0.444 e. The van der Waals surface area contributed by atoms with E-state index in [9.17, 15) is 45.3 Å². The molecule has 3 aliphatic rings. The summed E-state index contributed by atoms with van der Waals surface area (Å²) >= 11 is 0. The van der Waals surface area contributed by atoms with Gasteiger partial charge in [-0.05, 0) is 48.0 Å². The molecule has 0 aromatic rings. The second-order valence-electron chi connectivity index (χ2n) is 14.0. The highest BCUT2D eigenvalue weighted by Crippen LogP contribution is 2.32. The Morgan fingerprint density at radius 2 is 1.26 bits per heavy atom. The zero-order valence-electron chi connectivity index (χ0n) is 27.3. The molecule has 15 atom stereocenters. The molecular formula is C28H52N4O15. The van der Waals surface area contributed by atoms with Crippen LogP contribution in [0, 0.1) is 0 Å². The van der Waals surface area contributed by atoms with E-state index in [1.165, 1.54) is 0 Å². The minimum absolute atomic E-state index is 0.135. The van der Waals surface area contributed by atoms with Crippen molar-refractivity contribution in [1.82, 2.24) is 10.6 Å². The molecule has 2 aliphatic heterocycles. The van der Waals surface area contributed by atoms with E-state index in [4.69, 9.17) is 39.9 Å². The number of nitrogens with two attached hydrogens (primary N) is 2. The molecule has 0 radical (unpaired) electrons.